The highest BCUT2D eigenvalue weighted by Crippen LogP contribution is 2.26. The Hall–Kier alpha value is -2.22. The van der Waals surface area contributed by atoms with Crippen LogP contribution in [-0.4, -0.2) is 30.8 Å². The van der Waals surface area contributed by atoms with Crippen molar-refractivity contribution in [2.75, 3.05) is 18.4 Å². The van der Waals surface area contributed by atoms with Crippen molar-refractivity contribution in [1.82, 2.24) is 9.29 Å². The summed E-state index contributed by atoms with van der Waals surface area (Å²) < 4.78 is 40.5. The fourth-order valence-electron chi connectivity index (χ4n) is 3.31. The van der Waals surface area contributed by atoms with Crippen LogP contribution in [0.25, 0.3) is 10.9 Å². The molecule has 5 nitrogen and oxygen atoms in total. The lowest BCUT2D eigenvalue weighted by Crippen LogP contribution is -2.35. The van der Waals surface area contributed by atoms with E-state index in [9.17, 15) is 12.8 Å². The van der Waals surface area contributed by atoms with Crippen molar-refractivity contribution in [3.05, 3.63) is 59.4 Å². The third-order valence-electron chi connectivity index (χ3n) is 4.81. The maximum Gasteiger partial charge on any atom is 0.243 e. The van der Waals surface area contributed by atoms with Gasteiger partial charge in [-0.1, -0.05) is 18.0 Å². The van der Waals surface area contributed by atoms with Crippen LogP contribution in [0.2, 0.25) is 5.02 Å². The number of aromatic nitrogens is 1. The predicted octanol–water partition coefficient (Wildman–Crippen LogP) is 4.95. The van der Waals surface area contributed by atoms with Crippen LogP contribution < -0.4 is 5.32 Å². The monoisotopic (exact) mass is 419 g/mol. The normalized spacial score (nSPS) is 15.6. The molecule has 4 rings (SSSR count). The van der Waals surface area contributed by atoms with E-state index in [1.165, 1.54) is 12.1 Å². The molecule has 1 saturated heterocycles. The highest BCUT2D eigenvalue weighted by atomic mass is 35.5. The van der Waals surface area contributed by atoms with Gasteiger partial charge in [0.25, 0.3) is 0 Å². The molecule has 0 aliphatic carbocycles. The Kier molecular flexibility index (Phi) is 5.23. The van der Waals surface area contributed by atoms with Crippen molar-refractivity contribution in [2.24, 2.45) is 0 Å². The number of anilines is 2. The first-order valence-corrected chi connectivity index (χ1v) is 10.9. The molecule has 0 unspecified atom stereocenters. The van der Waals surface area contributed by atoms with Gasteiger partial charge in [0, 0.05) is 24.2 Å². The second-order valence-corrected chi connectivity index (χ2v) is 9.11. The van der Waals surface area contributed by atoms with E-state index in [-0.39, 0.29) is 9.92 Å². The average molecular weight is 420 g/mol. The standard InChI is InChI=1S/C20H19ClFN3O2S/c21-17-13-15(5-7-18(17)22)23-20-9-4-14-12-16(6-8-19(14)24-20)28(26,27)25-10-2-1-3-11-25/h4-9,12-13H,1-3,10-11H2,(H,23,24). The average Bonchev–Trinajstić information content (AvgIpc) is 2.71. The summed E-state index contributed by atoms with van der Waals surface area (Å²) in [6.07, 6.45) is 2.87. The van der Waals surface area contributed by atoms with Crippen LogP contribution in [0.1, 0.15) is 19.3 Å². The summed E-state index contributed by atoms with van der Waals surface area (Å²) in [7, 11) is -3.48. The summed E-state index contributed by atoms with van der Waals surface area (Å²) in [4.78, 5) is 4.79. The molecule has 0 saturated carbocycles. The van der Waals surface area contributed by atoms with Gasteiger partial charge >= 0.3 is 0 Å². The zero-order valence-electron chi connectivity index (χ0n) is 15.0. The van der Waals surface area contributed by atoms with Crippen molar-refractivity contribution < 1.29 is 12.8 Å². The number of nitrogens with zero attached hydrogens (tertiary/aromatic N) is 2. The molecule has 1 fully saturated rings. The number of hydrogen-bond acceptors (Lipinski definition) is 4. The molecule has 1 aromatic heterocycles. The van der Waals surface area contributed by atoms with Gasteiger partial charge in [0.1, 0.15) is 11.6 Å². The van der Waals surface area contributed by atoms with Gasteiger partial charge in [-0.15, -0.1) is 0 Å². The van der Waals surface area contributed by atoms with E-state index < -0.39 is 15.8 Å². The van der Waals surface area contributed by atoms with Crippen LogP contribution in [-0.2, 0) is 10.0 Å². The molecular weight excluding hydrogens is 401 g/mol. The first-order valence-electron chi connectivity index (χ1n) is 9.06. The van der Waals surface area contributed by atoms with Gasteiger partial charge in [-0.05, 0) is 61.4 Å². The Morgan fingerprint density at radius 3 is 2.54 bits per heavy atom. The third-order valence-corrected chi connectivity index (χ3v) is 6.99. The number of nitrogens with one attached hydrogen (secondary N) is 1. The summed E-state index contributed by atoms with van der Waals surface area (Å²) in [6, 6.07) is 12.8. The van der Waals surface area contributed by atoms with Gasteiger partial charge in [-0.25, -0.2) is 17.8 Å². The second kappa shape index (κ2) is 7.66. The summed E-state index contributed by atoms with van der Waals surface area (Å²) in [5.74, 6) is 0.0722. The van der Waals surface area contributed by atoms with E-state index in [1.807, 2.05) is 6.07 Å². The minimum Gasteiger partial charge on any atom is -0.340 e. The van der Waals surface area contributed by atoms with Crippen LogP contribution in [0.5, 0.6) is 0 Å². The molecular formula is C20H19ClFN3O2S. The summed E-state index contributed by atoms with van der Waals surface area (Å²) in [5, 5.41) is 3.84. The zero-order valence-corrected chi connectivity index (χ0v) is 16.6. The summed E-state index contributed by atoms with van der Waals surface area (Å²) in [5.41, 5.74) is 1.28. The molecule has 2 heterocycles. The van der Waals surface area contributed by atoms with Crippen LogP contribution in [0.3, 0.4) is 0 Å². The van der Waals surface area contributed by atoms with Gasteiger partial charge in [0.15, 0.2) is 0 Å². The van der Waals surface area contributed by atoms with Crippen molar-refractivity contribution in [1.29, 1.82) is 0 Å². The summed E-state index contributed by atoms with van der Waals surface area (Å²) >= 11 is 5.80. The SMILES string of the molecule is O=S(=O)(c1ccc2nc(Nc3ccc(F)c(Cl)c3)ccc2c1)N1CCCCC1. The molecule has 0 atom stereocenters. The Morgan fingerprint density at radius 1 is 1.00 bits per heavy atom. The zero-order chi connectivity index (χ0) is 19.7. The lowest BCUT2D eigenvalue weighted by molar-refractivity contribution is 0.346. The van der Waals surface area contributed by atoms with Gasteiger partial charge in [-0.2, -0.15) is 4.31 Å². The first-order chi connectivity index (χ1) is 13.4. The molecule has 1 N–H and O–H groups in total. The molecule has 1 aliphatic rings. The molecule has 8 heteroatoms. The van der Waals surface area contributed by atoms with Gasteiger partial charge in [0.05, 0.1) is 15.4 Å². The highest BCUT2D eigenvalue weighted by molar-refractivity contribution is 7.89. The number of sulfonamides is 1. The molecule has 2 aromatic carbocycles. The Labute approximate surface area is 168 Å². The molecule has 28 heavy (non-hydrogen) atoms. The minimum absolute atomic E-state index is 0.0263. The molecule has 146 valence electrons. The van der Waals surface area contributed by atoms with Gasteiger partial charge in [-0.3, -0.25) is 0 Å². The molecule has 0 spiro atoms. The van der Waals surface area contributed by atoms with Crippen LogP contribution in [0, 0.1) is 5.82 Å². The highest BCUT2D eigenvalue weighted by Gasteiger charge is 2.26. The largest absolute Gasteiger partial charge is 0.340 e. The van der Waals surface area contributed by atoms with Crippen LogP contribution in [0.15, 0.2) is 53.4 Å². The van der Waals surface area contributed by atoms with Crippen LogP contribution >= 0.6 is 11.6 Å². The van der Waals surface area contributed by atoms with E-state index in [4.69, 9.17) is 11.6 Å². The number of hydrogen-bond donors (Lipinski definition) is 1. The van der Waals surface area contributed by atoms with Gasteiger partial charge < -0.3 is 5.32 Å². The van der Waals surface area contributed by atoms with E-state index >= 15 is 0 Å². The Bertz CT molecular complexity index is 1130. The molecule has 1 aliphatic heterocycles. The van der Waals surface area contributed by atoms with Gasteiger partial charge in [0.2, 0.25) is 10.0 Å². The van der Waals surface area contributed by atoms with Crippen molar-refractivity contribution >= 4 is 44.0 Å². The third kappa shape index (κ3) is 3.83. The maximum absolute atomic E-state index is 13.3. The topological polar surface area (TPSA) is 62.3 Å². The van der Waals surface area contributed by atoms with E-state index in [2.05, 4.69) is 10.3 Å². The van der Waals surface area contributed by atoms with Crippen molar-refractivity contribution in [3.8, 4) is 0 Å². The molecule has 0 radical (unpaired) electrons. The Balaban J connectivity index is 1.61. The number of benzene rings is 2. The molecule has 0 bridgehead atoms. The van der Waals surface area contributed by atoms with E-state index in [0.717, 1.165) is 24.6 Å². The quantitative estimate of drug-likeness (QED) is 0.650. The lowest BCUT2D eigenvalue weighted by Gasteiger charge is -2.25. The minimum atomic E-state index is -3.48. The smallest absolute Gasteiger partial charge is 0.243 e. The Morgan fingerprint density at radius 2 is 1.79 bits per heavy atom. The first kappa shape index (κ1) is 19.1. The molecule has 0 amide bonds. The van der Waals surface area contributed by atoms with Crippen molar-refractivity contribution in [3.63, 3.8) is 0 Å². The van der Waals surface area contributed by atoms with Crippen molar-refractivity contribution in [2.45, 2.75) is 24.2 Å². The molecule has 3 aromatic rings. The van der Waals surface area contributed by atoms with E-state index in [0.29, 0.717) is 30.1 Å². The second-order valence-electron chi connectivity index (χ2n) is 6.77. The number of pyridine rings is 1. The maximum atomic E-state index is 13.3. The summed E-state index contributed by atoms with van der Waals surface area (Å²) in [6.45, 7) is 1.14. The van der Waals surface area contributed by atoms with Crippen LogP contribution in [0.4, 0.5) is 15.9 Å². The number of fused-ring (bicyclic) bond motifs is 1. The predicted molar refractivity (Wildman–Crippen MR) is 109 cm³/mol. The fourth-order valence-corrected chi connectivity index (χ4v) is 5.04. The number of rotatable bonds is 4. The number of piperidine rings is 1. The lowest BCUT2D eigenvalue weighted by atomic mass is 10.2. The van der Waals surface area contributed by atoms with E-state index in [1.54, 1.807) is 34.6 Å². The fraction of sp³-hybridized carbons (Fsp3) is 0.250. The number of halogens is 2.